The van der Waals surface area contributed by atoms with Crippen molar-refractivity contribution in [2.75, 3.05) is 18.0 Å². The Morgan fingerprint density at radius 2 is 2.10 bits per heavy atom. The van der Waals surface area contributed by atoms with Gasteiger partial charge < -0.3 is 20.4 Å². The number of amides is 1. The lowest BCUT2D eigenvalue weighted by Crippen LogP contribution is -2.42. The Morgan fingerprint density at radius 3 is 2.70 bits per heavy atom. The summed E-state index contributed by atoms with van der Waals surface area (Å²) in [5, 5.41) is 20.4. The number of hydrogen-bond acceptors (Lipinski definition) is 4. The minimum Gasteiger partial charge on any atom is -0.465 e. The van der Waals surface area contributed by atoms with Crippen LogP contribution in [-0.2, 0) is 6.18 Å². The molecule has 1 aliphatic rings. The molecule has 1 aromatic heterocycles. The summed E-state index contributed by atoms with van der Waals surface area (Å²) in [5.74, 6) is 0. The fraction of sp³-hybridized carbons (Fsp3) is 0.455. The van der Waals surface area contributed by atoms with E-state index in [0.717, 1.165) is 6.07 Å². The normalized spacial score (nSPS) is 22.9. The van der Waals surface area contributed by atoms with Gasteiger partial charge in [0.25, 0.3) is 0 Å². The van der Waals surface area contributed by atoms with E-state index in [9.17, 15) is 23.1 Å². The molecule has 0 aliphatic carbocycles. The Bertz CT molecular complexity index is 509. The molecule has 1 aromatic rings. The quantitative estimate of drug-likeness (QED) is 0.754. The zero-order valence-corrected chi connectivity index (χ0v) is 10.1. The molecule has 2 heterocycles. The van der Waals surface area contributed by atoms with E-state index in [4.69, 9.17) is 5.11 Å². The highest BCUT2D eigenvalue weighted by atomic mass is 19.4. The number of halogens is 3. The number of pyridine rings is 1. The Morgan fingerprint density at radius 1 is 1.40 bits per heavy atom. The summed E-state index contributed by atoms with van der Waals surface area (Å²) in [5.41, 5.74) is -0.701. The second kappa shape index (κ2) is 5.16. The molecule has 0 unspecified atom stereocenters. The van der Waals surface area contributed by atoms with Crippen molar-refractivity contribution < 1.29 is 28.2 Å². The van der Waals surface area contributed by atoms with Gasteiger partial charge in [-0.3, -0.25) is 4.98 Å². The van der Waals surface area contributed by atoms with Crippen molar-refractivity contribution in [1.82, 2.24) is 10.3 Å². The van der Waals surface area contributed by atoms with Gasteiger partial charge >= 0.3 is 12.3 Å². The third-order valence-corrected chi connectivity index (χ3v) is 3.01. The van der Waals surface area contributed by atoms with E-state index in [1.54, 1.807) is 0 Å². The van der Waals surface area contributed by atoms with Gasteiger partial charge in [-0.05, 0) is 6.07 Å². The molecule has 0 radical (unpaired) electrons. The number of aliphatic hydroxyl groups is 1. The van der Waals surface area contributed by atoms with Gasteiger partial charge in [0.1, 0.15) is 0 Å². The zero-order valence-electron chi connectivity index (χ0n) is 10.1. The molecule has 0 spiro atoms. The average Bonchev–Trinajstić information content (AvgIpc) is 2.69. The molecular weight excluding hydrogens is 279 g/mol. The molecule has 9 heteroatoms. The van der Waals surface area contributed by atoms with Crippen LogP contribution < -0.4 is 10.2 Å². The Labute approximate surface area is 111 Å². The van der Waals surface area contributed by atoms with Gasteiger partial charge in [0.2, 0.25) is 0 Å². The standard InChI is InChI=1S/C11H12F3N3O3/c12-11(13,14)6-1-7(3-15-2-6)17-4-8(9(18)5-17)16-10(19)20/h1-3,8-9,16,18H,4-5H2,(H,19,20)/t8-,9-/m0/s1. The van der Waals surface area contributed by atoms with Crippen molar-refractivity contribution >= 4 is 11.8 Å². The van der Waals surface area contributed by atoms with Gasteiger partial charge in [-0.25, -0.2) is 4.79 Å². The number of aromatic nitrogens is 1. The van der Waals surface area contributed by atoms with Gasteiger partial charge in [-0.1, -0.05) is 0 Å². The number of alkyl halides is 3. The smallest absolute Gasteiger partial charge is 0.417 e. The van der Waals surface area contributed by atoms with Crippen molar-refractivity contribution in [3.8, 4) is 0 Å². The summed E-state index contributed by atoms with van der Waals surface area (Å²) in [4.78, 5) is 15.5. The fourth-order valence-electron chi connectivity index (χ4n) is 2.05. The van der Waals surface area contributed by atoms with Crippen LogP contribution >= 0.6 is 0 Å². The number of aliphatic hydroxyl groups excluding tert-OH is 1. The predicted molar refractivity (Wildman–Crippen MR) is 62.4 cm³/mol. The molecule has 2 atom stereocenters. The second-order valence-corrected chi connectivity index (χ2v) is 4.46. The van der Waals surface area contributed by atoms with Gasteiger partial charge in [-0.2, -0.15) is 13.2 Å². The molecule has 2 rings (SSSR count). The number of nitrogens with zero attached hydrogens (tertiary/aromatic N) is 2. The number of hydrogen-bond donors (Lipinski definition) is 3. The molecule has 1 aliphatic heterocycles. The minimum atomic E-state index is -4.50. The maximum absolute atomic E-state index is 12.6. The zero-order chi connectivity index (χ0) is 14.9. The molecule has 20 heavy (non-hydrogen) atoms. The number of carbonyl (C=O) groups is 1. The van der Waals surface area contributed by atoms with E-state index in [0.29, 0.717) is 6.20 Å². The first kappa shape index (κ1) is 14.4. The molecule has 0 bridgehead atoms. The van der Waals surface area contributed by atoms with E-state index in [1.165, 1.54) is 11.1 Å². The van der Waals surface area contributed by atoms with E-state index in [1.807, 2.05) is 0 Å². The van der Waals surface area contributed by atoms with Crippen LogP contribution in [0.5, 0.6) is 0 Å². The number of rotatable bonds is 2. The van der Waals surface area contributed by atoms with Gasteiger partial charge in [-0.15, -0.1) is 0 Å². The van der Waals surface area contributed by atoms with Crippen LogP contribution in [0.4, 0.5) is 23.7 Å². The number of nitrogens with one attached hydrogen (secondary N) is 1. The highest BCUT2D eigenvalue weighted by molar-refractivity contribution is 5.65. The maximum atomic E-state index is 12.6. The number of β-amino-alcohol motifs (C(OH)–C–C–N with tert-alkyl or cyclic N) is 1. The SMILES string of the molecule is O=C(O)N[C@H]1CN(c2cncc(C(F)(F)F)c2)C[C@@H]1O. The summed E-state index contributed by atoms with van der Waals surface area (Å²) in [6.07, 6.45) is -4.83. The van der Waals surface area contributed by atoms with Crippen molar-refractivity contribution in [2.45, 2.75) is 18.3 Å². The van der Waals surface area contributed by atoms with Gasteiger partial charge in [0.05, 0.1) is 29.6 Å². The first-order valence-electron chi connectivity index (χ1n) is 5.72. The molecule has 3 N–H and O–H groups in total. The monoisotopic (exact) mass is 291 g/mol. The lowest BCUT2D eigenvalue weighted by atomic mass is 10.2. The molecular formula is C11H12F3N3O3. The summed E-state index contributed by atoms with van der Waals surface area (Å²) < 4.78 is 37.7. The van der Waals surface area contributed by atoms with Crippen molar-refractivity contribution in [1.29, 1.82) is 0 Å². The molecule has 6 nitrogen and oxygen atoms in total. The number of anilines is 1. The van der Waals surface area contributed by atoms with Crippen molar-refractivity contribution in [3.05, 3.63) is 24.0 Å². The maximum Gasteiger partial charge on any atom is 0.417 e. The summed E-state index contributed by atoms with van der Waals surface area (Å²) in [7, 11) is 0. The third-order valence-electron chi connectivity index (χ3n) is 3.01. The van der Waals surface area contributed by atoms with E-state index < -0.39 is 30.0 Å². The van der Waals surface area contributed by atoms with Gasteiger partial charge in [0.15, 0.2) is 0 Å². The van der Waals surface area contributed by atoms with Crippen LogP contribution in [-0.4, -0.2) is 46.5 Å². The lowest BCUT2D eigenvalue weighted by molar-refractivity contribution is -0.137. The van der Waals surface area contributed by atoms with Crippen LogP contribution in [0.3, 0.4) is 0 Å². The fourth-order valence-corrected chi connectivity index (χ4v) is 2.05. The van der Waals surface area contributed by atoms with Crippen LogP contribution in [0.25, 0.3) is 0 Å². The average molecular weight is 291 g/mol. The third kappa shape index (κ3) is 3.10. The van der Waals surface area contributed by atoms with E-state index in [2.05, 4.69) is 10.3 Å². The van der Waals surface area contributed by atoms with Crippen LogP contribution in [0.2, 0.25) is 0 Å². The first-order valence-corrected chi connectivity index (χ1v) is 5.72. The lowest BCUT2D eigenvalue weighted by Gasteiger charge is -2.19. The van der Waals surface area contributed by atoms with E-state index >= 15 is 0 Å². The topological polar surface area (TPSA) is 85.7 Å². The Balaban J connectivity index is 2.15. The second-order valence-electron chi connectivity index (χ2n) is 4.46. The molecule has 1 saturated heterocycles. The van der Waals surface area contributed by atoms with Crippen molar-refractivity contribution in [3.63, 3.8) is 0 Å². The highest BCUT2D eigenvalue weighted by Crippen LogP contribution is 2.31. The largest absolute Gasteiger partial charge is 0.465 e. The summed E-state index contributed by atoms with van der Waals surface area (Å²) in [6.45, 7) is 0.115. The first-order chi connectivity index (χ1) is 9.27. The number of carboxylic acid groups (broad SMARTS) is 1. The van der Waals surface area contributed by atoms with Crippen molar-refractivity contribution in [2.24, 2.45) is 0 Å². The van der Waals surface area contributed by atoms with Crippen LogP contribution in [0.15, 0.2) is 18.5 Å². The summed E-state index contributed by atoms with van der Waals surface area (Å²) in [6, 6.07) is 0.171. The highest BCUT2D eigenvalue weighted by Gasteiger charge is 2.35. The van der Waals surface area contributed by atoms with Gasteiger partial charge in [0, 0.05) is 19.3 Å². The van der Waals surface area contributed by atoms with Crippen LogP contribution in [0, 0.1) is 0 Å². The minimum absolute atomic E-state index is 0.0357. The Kier molecular flexibility index (Phi) is 3.71. The Hall–Kier alpha value is -2.03. The molecule has 1 amide bonds. The van der Waals surface area contributed by atoms with Crippen LogP contribution in [0.1, 0.15) is 5.56 Å². The molecule has 110 valence electrons. The predicted octanol–water partition coefficient (Wildman–Crippen LogP) is 0.917. The molecule has 0 saturated carbocycles. The molecule has 0 aromatic carbocycles. The molecule has 1 fully saturated rings. The summed E-state index contributed by atoms with van der Waals surface area (Å²) >= 11 is 0. The van der Waals surface area contributed by atoms with E-state index in [-0.39, 0.29) is 18.8 Å².